The molecule has 0 saturated heterocycles. The maximum atomic E-state index is 12.6. The van der Waals surface area contributed by atoms with Crippen molar-refractivity contribution >= 4 is 40.4 Å². The molecule has 4 amide bonds. The summed E-state index contributed by atoms with van der Waals surface area (Å²) in [6.45, 7) is 2.17. The third-order valence-electron chi connectivity index (χ3n) is 4.95. The van der Waals surface area contributed by atoms with Crippen LogP contribution in [-0.4, -0.2) is 27.8 Å². The van der Waals surface area contributed by atoms with Gasteiger partial charge in [-0.05, 0) is 54.5 Å². The third kappa shape index (κ3) is 4.15. The molecule has 31 heavy (non-hydrogen) atoms. The summed E-state index contributed by atoms with van der Waals surface area (Å²) in [5.41, 5.74) is 10.4. The predicted octanol–water partition coefficient (Wildman–Crippen LogP) is 2.71. The molecule has 3 aromatic rings. The molecule has 0 bridgehead atoms. The number of carbonyl (C=O) groups is 3. The van der Waals surface area contributed by atoms with E-state index >= 15 is 0 Å². The molecular formula is C22H20N6O3. The highest BCUT2D eigenvalue weighted by atomic mass is 16.2. The summed E-state index contributed by atoms with van der Waals surface area (Å²) >= 11 is 0. The fourth-order valence-electron chi connectivity index (χ4n) is 3.44. The number of benzene rings is 1. The second-order valence-corrected chi connectivity index (χ2v) is 7.04. The van der Waals surface area contributed by atoms with Crippen molar-refractivity contribution in [3.05, 3.63) is 77.4 Å². The molecule has 3 heterocycles. The van der Waals surface area contributed by atoms with Gasteiger partial charge in [-0.1, -0.05) is 0 Å². The van der Waals surface area contributed by atoms with Gasteiger partial charge in [0.25, 0.3) is 11.8 Å². The van der Waals surface area contributed by atoms with Gasteiger partial charge in [-0.25, -0.2) is 4.79 Å². The standard InChI is InChI=1S/C22H20N6O3/c1-12(19-16-9-15(27-22(23)31)2-3-17(16)28-21(19)30)18-8-13(10-25-18)11-26-20(29)14-4-6-24-7-5-14/h2-10,25H,11H2,1H3,(H,26,29)(H,28,30)(H3,23,27,31). The van der Waals surface area contributed by atoms with Crippen LogP contribution in [-0.2, 0) is 11.3 Å². The SMILES string of the molecule is CC(=C1C(=O)Nc2ccc(NC(N)=O)cc21)c1cc(CNC(=O)c2ccncc2)c[nH]1. The lowest BCUT2D eigenvalue weighted by molar-refractivity contribution is -0.110. The smallest absolute Gasteiger partial charge is 0.316 e. The van der Waals surface area contributed by atoms with Crippen LogP contribution in [0.15, 0.2) is 55.0 Å². The van der Waals surface area contributed by atoms with E-state index in [0.717, 1.165) is 16.8 Å². The predicted molar refractivity (Wildman–Crippen MR) is 117 cm³/mol. The molecule has 9 heteroatoms. The number of hydrogen-bond donors (Lipinski definition) is 5. The molecule has 0 radical (unpaired) electrons. The number of aromatic nitrogens is 2. The van der Waals surface area contributed by atoms with Crippen molar-refractivity contribution in [3.63, 3.8) is 0 Å². The number of aromatic amines is 1. The van der Waals surface area contributed by atoms with Gasteiger partial charge in [-0.3, -0.25) is 14.6 Å². The van der Waals surface area contributed by atoms with Crippen LogP contribution in [0.3, 0.4) is 0 Å². The first-order valence-electron chi connectivity index (χ1n) is 9.51. The van der Waals surface area contributed by atoms with Gasteiger partial charge in [0.1, 0.15) is 0 Å². The average Bonchev–Trinajstić information content (AvgIpc) is 3.35. The number of rotatable bonds is 5. The van der Waals surface area contributed by atoms with Crippen LogP contribution in [0.5, 0.6) is 0 Å². The van der Waals surface area contributed by atoms with Crippen molar-refractivity contribution in [1.82, 2.24) is 15.3 Å². The van der Waals surface area contributed by atoms with Gasteiger partial charge in [-0.15, -0.1) is 0 Å². The van der Waals surface area contributed by atoms with Crippen molar-refractivity contribution < 1.29 is 14.4 Å². The summed E-state index contributed by atoms with van der Waals surface area (Å²) in [6, 6.07) is 9.57. The normalized spacial score (nSPS) is 13.9. The molecule has 0 spiro atoms. The van der Waals surface area contributed by atoms with Crippen molar-refractivity contribution in [2.24, 2.45) is 5.73 Å². The van der Waals surface area contributed by atoms with Crippen LogP contribution < -0.4 is 21.7 Å². The van der Waals surface area contributed by atoms with Gasteiger partial charge in [0.15, 0.2) is 0 Å². The van der Waals surface area contributed by atoms with E-state index in [9.17, 15) is 14.4 Å². The number of nitrogens with zero attached hydrogens (tertiary/aromatic N) is 1. The molecule has 0 fully saturated rings. The Bertz CT molecular complexity index is 1210. The zero-order valence-corrected chi connectivity index (χ0v) is 16.7. The van der Waals surface area contributed by atoms with Gasteiger partial charge in [0, 0.05) is 53.3 Å². The summed E-state index contributed by atoms with van der Waals surface area (Å²) in [4.78, 5) is 43.0. The molecule has 6 N–H and O–H groups in total. The van der Waals surface area contributed by atoms with E-state index < -0.39 is 6.03 Å². The minimum absolute atomic E-state index is 0.196. The summed E-state index contributed by atoms with van der Waals surface area (Å²) in [7, 11) is 0. The molecule has 0 atom stereocenters. The van der Waals surface area contributed by atoms with Crippen LogP contribution >= 0.6 is 0 Å². The molecular weight excluding hydrogens is 396 g/mol. The molecule has 9 nitrogen and oxygen atoms in total. The highest BCUT2D eigenvalue weighted by Crippen LogP contribution is 2.38. The van der Waals surface area contributed by atoms with Crippen LogP contribution in [0.25, 0.3) is 11.1 Å². The number of urea groups is 1. The van der Waals surface area contributed by atoms with E-state index in [1.54, 1.807) is 48.9 Å². The molecule has 0 aliphatic carbocycles. The fourth-order valence-corrected chi connectivity index (χ4v) is 3.44. The molecule has 1 aliphatic heterocycles. The largest absolute Gasteiger partial charge is 0.361 e. The Hall–Kier alpha value is -4.40. The summed E-state index contributed by atoms with van der Waals surface area (Å²) < 4.78 is 0. The number of amides is 4. The molecule has 1 aromatic carbocycles. The first kappa shape index (κ1) is 19.9. The Morgan fingerprint density at radius 1 is 1.13 bits per heavy atom. The van der Waals surface area contributed by atoms with Gasteiger partial charge < -0.3 is 26.7 Å². The first-order valence-corrected chi connectivity index (χ1v) is 9.51. The number of primary amides is 1. The van der Waals surface area contributed by atoms with Gasteiger partial charge >= 0.3 is 6.03 Å². The third-order valence-corrected chi connectivity index (χ3v) is 4.95. The van der Waals surface area contributed by atoms with Gasteiger partial charge in [0.05, 0.1) is 5.57 Å². The number of pyridine rings is 1. The number of allylic oxidation sites excluding steroid dienone is 1. The van der Waals surface area contributed by atoms with E-state index in [0.29, 0.717) is 34.6 Å². The Kier molecular flexibility index (Phi) is 5.23. The minimum Gasteiger partial charge on any atom is -0.361 e. The number of fused-ring (bicyclic) bond motifs is 1. The maximum Gasteiger partial charge on any atom is 0.316 e. The number of carbonyl (C=O) groups excluding carboxylic acids is 3. The van der Waals surface area contributed by atoms with Crippen LogP contribution in [0.1, 0.15) is 34.1 Å². The number of anilines is 2. The zero-order valence-electron chi connectivity index (χ0n) is 16.7. The number of nitrogens with one attached hydrogen (secondary N) is 4. The zero-order chi connectivity index (χ0) is 22.0. The maximum absolute atomic E-state index is 12.6. The van der Waals surface area contributed by atoms with E-state index in [2.05, 4.69) is 25.9 Å². The Labute approximate surface area is 177 Å². The Morgan fingerprint density at radius 3 is 2.65 bits per heavy atom. The number of hydrogen-bond acceptors (Lipinski definition) is 4. The summed E-state index contributed by atoms with van der Waals surface area (Å²) in [5, 5.41) is 8.20. The Morgan fingerprint density at radius 2 is 1.90 bits per heavy atom. The minimum atomic E-state index is -0.678. The highest BCUT2D eigenvalue weighted by Gasteiger charge is 2.27. The average molecular weight is 416 g/mol. The van der Waals surface area contributed by atoms with Crippen molar-refractivity contribution in [3.8, 4) is 0 Å². The van der Waals surface area contributed by atoms with Gasteiger partial charge in [0.2, 0.25) is 0 Å². The quantitative estimate of drug-likeness (QED) is 0.408. The molecule has 0 saturated carbocycles. The molecule has 2 aromatic heterocycles. The molecule has 156 valence electrons. The van der Waals surface area contributed by atoms with Crippen LogP contribution in [0, 0.1) is 0 Å². The number of nitrogens with two attached hydrogens (primary N) is 1. The topological polar surface area (TPSA) is 142 Å². The monoisotopic (exact) mass is 416 g/mol. The second-order valence-electron chi connectivity index (χ2n) is 7.04. The molecule has 4 rings (SSSR count). The molecule has 0 unspecified atom stereocenters. The lowest BCUT2D eigenvalue weighted by Gasteiger charge is -2.07. The van der Waals surface area contributed by atoms with Crippen LogP contribution in [0.2, 0.25) is 0 Å². The van der Waals surface area contributed by atoms with E-state index in [4.69, 9.17) is 5.73 Å². The van der Waals surface area contributed by atoms with Crippen molar-refractivity contribution in [1.29, 1.82) is 0 Å². The Balaban J connectivity index is 1.56. The van der Waals surface area contributed by atoms with Gasteiger partial charge in [-0.2, -0.15) is 0 Å². The first-order chi connectivity index (χ1) is 14.9. The fraction of sp³-hybridized carbons (Fsp3) is 0.0909. The lowest BCUT2D eigenvalue weighted by Crippen LogP contribution is -2.22. The van der Waals surface area contributed by atoms with E-state index in [1.165, 1.54) is 0 Å². The van der Waals surface area contributed by atoms with Crippen LogP contribution in [0.4, 0.5) is 16.2 Å². The van der Waals surface area contributed by atoms with E-state index in [-0.39, 0.29) is 11.8 Å². The summed E-state index contributed by atoms with van der Waals surface area (Å²) in [5.74, 6) is -0.426. The summed E-state index contributed by atoms with van der Waals surface area (Å²) in [6.07, 6.45) is 4.91. The van der Waals surface area contributed by atoms with Crippen molar-refractivity contribution in [2.45, 2.75) is 13.5 Å². The van der Waals surface area contributed by atoms with E-state index in [1.807, 2.05) is 13.0 Å². The lowest BCUT2D eigenvalue weighted by atomic mass is 9.99. The highest BCUT2D eigenvalue weighted by molar-refractivity contribution is 6.36. The molecule has 1 aliphatic rings. The number of H-pyrrole nitrogens is 1. The second kappa shape index (κ2) is 8.15. The van der Waals surface area contributed by atoms with Crippen molar-refractivity contribution in [2.75, 3.05) is 10.6 Å².